The van der Waals surface area contributed by atoms with Crippen molar-refractivity contribution in [2.45, 2.75) is 12.7 Å². The summed E-state index contributed by atoms with van der Waals surface area (Å²) in [7, 11) is 0. The highest BCUT2D eigenvalue weighted by Crippen LogP contribution is 2.33. The average Bonchev–Trinajstić information content (AvgIpc) is 2.62. The van der Waals surface area contributed by atoms with Crippen LogP contribution in [0.1, 0.15) is 12.5 Å². The van der Waals surface area contributed by atoms with Gasteiger partial charge in [0, 0.05) is 5.56 Å². The van der Waals surface area contributed by atoms with Crippen LogP contribution in [0.15, 0.2) is 16.6 Å². The average molecular weight is 279 g/mol. The summed E-state index contributed by atoms with van der Waals surface area (Å²) in [5.74, 6) is -2.36. The smallest absolute Gasteiger partial charge is 0.192 e. The van der Waals surface area contributed by atoms with E-state index in [1.165, 1.54) is 12.1 Å². The van der Waals surface area contributed by atoms with Gasteiger partial charge in [-0.15, -0.1) is 0 Å². The standard InChI is InChI=1S/C10H9BrF2O2/c1-10(14-2-3-15-10)6-4-7(12)9(11)8(13)5-6/h4-5H,2-3H2,1H3. The van der Waals surface area contributed by atoms with Crippen molar-refractivity contribution >= 4 is 15.9 Å². The predicted molar refractivity (Wildman–Crippen MR) is 53.3 cm³/mol. The fraction of sp³-hybridized carbons (Fsp3) is 0.400. The number of hydrogen-bond donors (Lipinski definition) is 0. The molecule has 1 aromatic carbocycles. The van der Waals surface area contributed by atoms with Crippen LogP contribution < -0.4 is 0 Å². The van der Waals surface area contributed by atoms with Gasteiger partial charge >= 0.3 is 0 Å². The van der Waals surface area contributed by atoms with Crippen LogP contribution in [0, 0.1) is 11.6 Å². The molecule has 2 rings (SSSR count). The Hall–Kier alpha value is -0.520. The highest BCUT2D eigenvalue weighted by atomic mass is 79.9. The molecule has 0 amide bonds. The quantitative estimate of drug-likeness (QED) is 0.736. The van der Waals surface area contributed by atoms with E-state index < -0.39 is 17.4 Å². The van der Waals surface area contributed by atoms with Crippen LogP contribution in [0.2, 0.25) is 0 Å². The fourth-order valence-electron chi connectivity index (χ4n) is 1.50. The van der Waals surface area contributed by atoms with Gasteiger partial charge in [-0.05, 0) is 35.0 Å². The number of rotatable bonds is 1. The van der Waals surface area contributed by atoms with E-state index in [0.29, 0.717) is 18.8 Å². The molecule has 1 heterocycles. The lowest BCUT2D eigenvalue weighted by molar-refractivity contribution is -0.150. The molecule has 0 radical (unpaired) electrons. The molecule has 1 fully saturated rings. The first-order valence-electron chi connectivity index (χ1n) is 4.46. The molecule has 0 aliphatic carbocycles. The second-order valence-corrected chi connectivity index (χ2v) is 4.19. The minimum atomic E-state index is -1.04. The SMILES string of the molecule is CC1(c2cc(F)c(Br)c(F)c2)OCCO1. The molecule has 0 saturated carbocycles. The summed E-state index contributed by atoms with van der Waals surface area (Å²) in [5.41, 5.74) is 0.346. The first-order valence-corrected chi connectivity index (χ1v) is 5.25. The summed E-state index contributed by atoms with van der Waals surface area (Å²) in [6, 6.07) is 2.41. The van der Waals surface area contributed by atoms with Crippen molar-refractivity contribution < 1.29 is 18.3 Å². The summed E-state index contributed by atoms with van der Waals surface area (Å²) in [6.45, 7) is 2.49. The highest BCUT2D eigenvalue weighted by molar-refractivity contribution is 9.10. The molecule has 0 aromatic heterocycles. The lowest BCUT2D eigenvalue weighted by Crippen LogP contribution is -2.22. The Balaban J connectivity index is 2.45. The minimum absolute atomic E-state index is 0.173. The number of halogens is 3. The molecule has 5 heteroatoms. The van der Waals surface area contributed by atoms with Crippen LogP contribution in [-0.2, 0) is 15.3 Å². The van der Waals surface area contributed by atoms with Gasteiger partial charge in [0.2, 0.25) is 0 Å². The van der Waals surface area contributed by atoms with Gasteiger partial charge < -0.3 is 9.47 Å². The van der Waals surface area contributed by atoms with E-state index in [9.17, 15) is 8.78 Å². The molecule has 1 aromatic rings. The molecule has 0 spiro atoms. The van der Waals surface area contributed by atoms with E-state index in [4.69, 9.17) is 9.47 Å². The molecule has 1 aliphatic heterocycles. The Morgan fingerprint density at radius 1 is 1.20 bits per heavy atom. The van der Waals surface area contributed by atoms with Crippen LogP contribution >= 0.6 is 15.9 Å². The van der Waals surface area contributed by atoms with Gasteiger partial charge in [0.25, 0.3) is 0 Å². The number of benzene rings is 1. The van der Waals surface area contributed by atoms with E-state index >= 15 is 0 Å². The van der Waals surface area contributed by atoms with Crippen molar-refractivity contribution in [3.63, 3.8) is 0 Å². The lowest BCUT2D eigenvalue weighted by atomic mass is 10.1. The van der Waals surface area contributed by atoms with Crippen molar-refractivity contribution in [2.75, 3.05) is 13.2 Å². The summed E-state index contributed by atoms with van der Waals surface area (Å²) >= 11 is 2.81. The molecule has 0 bridgehead atoms. The van der Waals surface area contributed by atoms with Gasteiger partial charge in [-0.3, -0.25) is 0 Å². The fourth-order valence-corrected chi connectivity index (χ4v) is 1.73. The summed E-state index contributed by atoms with van der Waals surface area (Å²) in [6.07, 6.45) is 0. The molecular formula is C10H9BrF2O2. The third-order valence-electron chi connectivity index (χ3n) is 2.35. The molecule has 1 saturated heterocycles. The Morgan fingerprint density at radius 2 is 1.67 bits per heavy atom. The normalized spacial score (nSPS) is 19.5. The predicted octanol–water partition coefficient (Wildman–Crippen LogP) is 2.95. The maximum absolute atomic E-state index is 13.3. The highest BCUT2D eigenvalue weighted by Gasteiger charge is 2.34. The molecule has 82 valence electrons. The summed E-state index contributed by atoms with van der Waals surface area (Å²) in [5, 5.41) is 0. The van der Waals surface area contributed by atoms with Gasteiger partial charge in [-0.1, -0.05) is 0 Å². The van der Waals surface area contributed by atoms with Crippen molar-refractivity contribution in [3.8, 4) is 0 Å². The third-order valence-corrected chi connectivity index (χ3v) is 3.10. The zero-order valence-corrected chi connectivity index (χ0v) is 9.61. The summed E-state index contributed by atoms with van der Waals surface area (Å²) < 4.78 is 37.0. The zero-order valence-electron chi connectivity index (χ0n) is 8.02. The van der Waals surface area contributed by atoms with Crippen LogP contribution in [0.3, 0.4) is 0 Å². The lowest BCUT2D eigenvalue weighted by Gasteiger charge is -2.22. The van der Waals surface area contributed by atoms with E-state index in [-0.39, 0.29) is 4.47 Å². The van der Waals surface area contributed by atoms with Gasteiger partial charge in [0.05, 0.1) is 17.7 Å². The van der Waals surface area contributed by atoms with E-state index in [1.807, 2.05) is 0 Å². The Labute approximate surface area is 94.3 Å². The van der Waals surface area contributed by atoms with Crippen LogP contribution in [0.5, 0.6) is 0 Å². The zero-order chi connectivity index (χ0) is 11.1. The van der Waals surface area contributed by atoms with E-state index in [0.717, 1.165) is 0 Å². The minimum Gasteiger partial charge on any atom is -0.344 e. The molecule has 2 nitrogen and oxygen atoms in total. The first kappa shape index (κ1) is 11.0. The molecule has 0 unspecified atom stereocenters. The van der Waals surface area contributed by atoms with Gasteiger partial charge in [0.15, 0.2) is 5.79 Å². The molecule has 0 N–H and O–H groups in total. The Morgan fingerprint density at radius 3 is 2.13 bits per heavy atom. The van der Waals surface area contributed by atoms with Crippen LogP contribution in [-0.4, -0.2) is 13.2 Å². The second-order valence-electron chi connectivity index (χ2n) is 3.40. The van der Waals surface area contributed by atoms with Gasteiger partial charge in [-0.25, -0.2) is 8.78 Å². The van der Waals surface area contributed by atoms with E-state index in [1.54, 1.807) is 6.92 Å². The molecular weight excluding hydrogens is 270 g/mol. The summed E-state index contributed by atoms with van der Waals surface area (Å²) in [4.78, 5) is 0. The third kappa shape index (κ3) is 1.91. The van der Waals surface area contributed by atoms with Crippen molar-refractivity contribution in [2.24, 2.45) is 0 Å². The van der Waals surface area contributed by atoms with Gasteiger partial charge in [-0.2, -0.15) is 0 Å². The van der Waals surface area contributed by atoms with Crippen LogP contribution in [0.25, 0.3) is 0 Å². The molecule has 1 aliphatic rings. The Kier molecular flexibility index (Phi) is 2.79. The maximum Gasteiger partial charge on any atom is 0.192 e. The first-order chi connectivity index (χ1) is 7.03. The topological polar surface area (TPSA) is 18.5 Å². The van der Waals surface area contributed by atoms with Crippen molar-refractivity contribution in [1.82, 2.24) is 0 Å². The second kappa shape index (κ2) is 3.81. The number of hydrogen-bond acceptors (Lipinski definition) is 2. The van der Waals surface area contributed by atoms with E-state index in [2.05, 4.69) is 15.9 Å². The molecule has 0 atom stereocenters. The van der Waals surface area contributed by atoms with Crippen LogP contribution in [0.4, 0.5) is 8.78 Å². The van der Waals surface area contributed by atoms with Crippen molar-refractivity contribution in [3.05, 3.63) is 33.8 Å². The molecule has 15 heavy (non-hydrogen) atoms. The monoisotopic (exact) mass is 278 g/mol. The number of ether oxygens (including phenoxy) is 2. The van der Waals surface area contributed by atoms with Gasteiger partial charge in [0.1, 0.15) is 11.6 Å². The van der Waals surface area contributed by atoms with Crippen molar-refractivity contribution in [1.29, 1.82) is 0 Å². The maximum atomic E-state index is 13.3. The Bertz CT molecular complexity index is 366. The largest absolute Gasteiger partial charge is 0.344 e.